The summed E-state index contributed by atoms with van der Waals surface area (Å²) >= 11 is 0. The molecule has 0 radical (unpaired) electrons. The van der Waals surface area contributed by atoms with E-state index < -0.39 is 0 Å². The van der Waals surface area contributed by atoms with Gasteiger partial charge in [0.2, 0.25) is 0 Å². The predicted molar refractivity (Wildman–Crippen MR) is 76.4 cm³/mol. The lowest BCUT2D eigenvalue weighted by atomic mass is 10.1. The molecule has 2 aromatic carbocycles. The Morgan fingerprint density at radius 1 is 1.16 bits per heavy atom. The van der Waals surface area contributed by atoms with Gasteiger partial charge in [0.1, 0.15) is 0 Å². The van der Waals surface area contributed by atoms with Crippen LogP contribution in [0.1, 0.15) is 24.1 Å². The van der Waals surface area contributed by atoms with Gasteiger partial charge in [0, 0.05) is 12.6 Å². The number of hydrogen-bond donors (Lipinski definition) is 2. The quantitative estimate of drug-likeness (QED) is 0.864. The Morgan fingerprint density at radius 2 is 1.89 bits per heavy atom. The molecule has 0 bridgehead atoms. The van der Waals surface area contributed by atoms with Crippen molar-refractivity contribution in [3.05, 3.63) is 59.7 Å². The van der Waals surface area contributed by atoms with E-state index in [0.717, 1.165) is 12.1 Å². The summed E-state index contributed by atoms with van der Waals surface area (Å²) in [5.74, 6) is 0.675. The minimum absolute atomic E-state index is 0.169. The Hall–Kier alpha value is -2.00. The van der Waals surface area contributed by atoms with Crippen LogP contribution < -0.4 is 10.1 Å². The third-order valence-electron chi connectivity index (χ3n) is 3.16. The lowest BCUT2D eigenvalue weighted by Gasteiger charge is -2.14. The molecular formula is C16H19NO2. The van der Waals surface area contributed by atoms with Crippen LogP contribution in [0.2, 0.25) is 0 Å². The Kier molecular flexibility index (Phi) is 4.42. The van der Waals surface area contributed by atoms with Gasteiger partial charge in [-0.15, -0.1) is 0 Å². The summed E-state index contributed by atoms with van der Waals surface area (Å²) in [5, 5.41) is 13.0. The van der Waals surface area contributed by atoms with Crippen LogP contribution in [0.25, 0.3) is 0 Å². The zero-order valence-electron chi connectivity index (χ0n) is 11.3. The van der Waals surface area contributed by atoms with Crippen molar-refractivity contribution in [1.82, 2.24) is 5.32 Å². The molecule has 0 saturated carbocycles. The highest BCUT2D eigenvalue weighted by atomic mass is 16.5. The Labute approximate surface area is 113 Å². The Bertz CT molecular complexity index is 526. The normalized spacial score (nSPS) is 12.1. The summed E-state index contributed by atoms with van der Waals surface area (Å²) in [6.07, 6.45) is 0. The Morgan fingerprint density at radius 3 is 2.58 bits per heavy atom. The highest BCUT2D eigenvalue weighted by Gasteiger charge is 2.06. The van der Waals surface area contributed by atoms with Crippen molar-refractivity contribution in [1.29, 1.82) is 0 Å². The van der Waals surface area contributed by atoms with Crippen molar-refractivity contribution in [2.24, 2.45) is 0 Å². The van der Waals surface area contributed by atoms with Crippen molar-refractivity contribution in [3.63, 3.8) is 0 Å². The summed E-state index contributed by atoms with van der Waals surface area (Å²) in [6.45, 7) is 2.86. The van der Waals surface area contributed by atoms with E-state index in [1.807, 2.05) is 30.3 Å². The van der Waals surface area contributed by atoms with Gasteiger partial charge in [0.05, 0.1) is 7.11 Å². The number of rotatable bonds is 5. The van der Waals surface area contributed by atoms with Gasteiger partial charge in [0.15, 0.2) is 11.5 Å². The van der Waals surface area contributed by atoms with Crippen LogP contribution >= 0.6 is 0 Å². The van der Waals surface area contributed by atoms with Crippen molar-refractivity contribution >= 4 is 0 Å². The van der Waals surface area contributed by atoms with Crippen molar-refractivity contribution in [2.45, 2.75) is 19.5 Å². The maximum Gasteiger partial charge on any atom is 0.160 e. The summed E-state index contributed by atoms with van der Waals surface area (Å²) in [6, 6.07) is 16.0. The molecule has 1 atom stereocenters. The molecule has 100 valence electrons. The van der Waals surface area contributed by atoms with Crippen LogP contribution in [0.3, 0.4) is 0 Å². The van der Waals surface area contributed by atoms with E-state index in [-0.39, 0.29) is 11.8 Å². The number of phenols is 1. The van der Waals surface area contributed by atoms with Gasteiger partial charge in [-0.1, -0.05) is 36.4 Å². The lowest BCUT2D eigenvalue weighted by molar-refractivity contribution is 0.372. The second-order valence-electron chi connectivity index (χ2n) is 4.52. The second kappa shape index (κ2) is 6.25. The molecular weight excluding hydrogens is 238 g/mol. The van der Waals surface area contributed by atoms with Gasteiger partial charge in [-0.2, -0.15) is 0 Å². The van der Waals surface area contributed by atoms with Crippen LogP contribution in [-0.2, 0) is 6.54 Å². The molecule has 0 heterocycles. The highest BCUT2D eigenvalue weighted by molar-refractivity contribution is 5.41. The molecule has 3 heteroatoms. The van der Waals surface area contributed by atoms with Gasteiger partial charge in [-0.25, -0.2) is 0 Å². The van der Waals surface area contributed by atoms with E-state index in [0.29, 0.717) is 5.75 Å². The highest BCUT2D eigenvalue weighted by Crippen LogP contribution is 2.26. The first kappa shape index (κ1) is 13.4. The van der Waals surface area contributed by atoms with Gasteiger partial charge in [0.25, 0.3) is 0 Å². The molecule has 0 aliphatic heterocycles. The van der Waals surface area contributed by atoms with Crippen LogP contribution in [0.4, 0.5) is 0 Å². The summed E-state index contributed by atoms with van der Waals surface area (Å²) in [4.78, 5) is 0. The van der Waals surface area contributed by atoms with E-state index in [1.54, 1.807) is 13.2 Å². The predicted octanol–water partition coefficient (Wildman–Crippen LogP) is 3.25. The average Bonchev–Trinajstić information content (AvgIpc) is 2.47. The molecule has 0 aliphatic carbocycles. The number of benzene rings is 2. The number of hydrogen-bond acceptors (Lipinski definition) is 3. The zero-order chi connectivity index (χ0) is 13.7. The van der Waals surface area contributed by atoms with Crippen LogP contribution in [0.5, 0.6) is 11.5 Å². The minimum atomic E-state index is 0.169. The lowest BCUT2D eigenvalue weighted by Crippen LogP contribution is -2.17. The summed E-state index contributed by atoms with van der Waals surface area (Å²) < 4.78 is 5.10. The summed E-state index contributed by atoms with van der Waals surface area (Å²) in [7, 11) is 1.55. The zero-order valence-corrected chi connectivity index (χ0v) is 11.3. The topological polar surface area (TPSA) is 41.5 Å². The largest absolute Gasteiger partial charge is 0.504 e. The minimum Gasteiger partial charge on any atom is -0.504 e. The fourth-order valence-electron chi connectivity index (χ4n) is 1.96. The van der Waals surface area contributed by atoms with Crippen LogP contribution in [0.15, 0.2) is 48.5 Å². The molecule has 2 N–H and O–H groups in total. The fourth-order valence-corrected chi connectivity index (χ4v) is 1.96. The van der Waals surface area contributed by atoms with Gasteiger partial charge in [-0.3, -0.25) is 0 Å². The molecule has 0 spiro atoms. The van der Waals surface area contributed by atoms with E-state index in [4.69, 9.17) is 4.74 Å². The Balaban J connectivity index is 1.99. The number of phenolic OH excluding ortho intramolecular Hbond substituents is 1. The molecule has 0 aromatic heterocycles. The first-order valence-corrected chi connectivity index (χ1v) is 6.35. The second-order valence-corrected chi connectivity index (χ2v) is 4.52. The maximum atomic E-state index is 9.54. The average molecular weight is 257 g/mol. The van der Waals surface area contributed by atoms with Gasteiger partial charge in [-0.05, 0) is 30.2 Å². The monoisotopic (exact) mass is 257 g/mol. The van der Waals surface area contributed by atoms with Crippen molar-refractivity contribution in [3.8, 4) is 11.5 Å². The van der Waals surface area contributed by atoms with E-state index >= 15 is 0 Å². The van der Waals surface area contributed by atoms with Crippen molar-refractivity contribution < 1.29 is 9.84 Å². The molecule has 0 saturated heterocycles. The third kappa shape index (κ3) is 3.48. The van der Waals surface area contributed by atoms with Crippen LogP contribution in [-0.4, -0.2) is 12.2 Å². The smallest absolute Gasteiger partial charge is 0.160 e. The molecule has 0 fully saturated rings. The number of ether oxygens (including phenoxy) is 1. The summed E-state index contributed by atoms with van der Waals surface area (Å²) in [5.41, 5.74) is 2.34. The van der Waals surface area contributed by atoms with E-state index in [9.17, 15) is 5.11 Å². The SMILES string of the molecule is COc1cc(CNC(C)c2ccccc2)ccc1O. The first-order valence-electron chi connectivity index (χ1n) is 6.35. The molecule has 1 unspecified atom stereocenters. The standard InChI is InChI=1S/C16H19NO2/c1-12(14-6-4-3-5-7-14)17-11-13-8-9-15(18)16(10-13)19-2/h3-10,12,17-18H,11H2,1-2H3. The molecule has 0 aliphatic rings. The first-order chi connectivity index (χ1) is 9.20. The molecule has 3 nitrogen and oxygen atoms in total. The number of methoxy groups -OCH3 is 1. The number of aromatic hydroxyl groups is 1. The molecule has 2 rings (SSSR count). The van der Waals surface area contributed by atoms with E-state index in [2.05, 4.69) is 24.4 Å². The molecule has 19 heavy (non-hydrogen) atoms. The number of nitrogens with one attached hydrogen (secondary N) is 1. The van der Waals surface area contributed by atoms with Crippen molar-refractivity contribution in [2.75, 3.05) is 7.11 Å². The van der Waals surface area contributed by atoms with E-state index in [1.165, 1.54) is 5.56 Å². The fraction of sp³-hybridized carbons (Fsp3) is 0.250. The third-order valence-corrected chi connectivity index (χ3v) is 3.16. The van der Waals surface area contributed by atoms with Gasteiger partial charge >= 0.3 is 0 Å². The molecule has 2 aromatic rings. The maximum absolute atomic E-state index is 9.54. The molecule has 0 amide bonds. The van der Waals surface area contributed by atoms with Crippen LogP contribution in [0, 0.1) is 0 Å². The van der Waals surface area contributed by atoms with Gasteiger partial charge < -0.3 is 15.2 Å².